The Bertz CT molecular complexity index is 424. The Balaban J connectivity index is 1.86. The zero-order valence-electron chi connectivity index (χ0n) is 11.9. The van der Waals surface area contributed by atoms with E-state index >= 15 is 0 Å². The molecule has 1 atom stereocenters. The first kappa shape index (κ1) is 16.1. The van der Waals surface area contributed by atoms with Crippen molar-refractivity contribution in [2.45, 2.75) is 50.2 Å². The van der Waals surface area contributed by atoms with Crippen LogP contribution in [-0.4, -0.2) is 42.2 Å². The van der Waals surface area contributed by atoms with Gasteiger partial charge < -0.3 is 5.32 Å². The molecule has 1 N–H and O–H groups in total. The minimum absolute atomic E-state index is 0.0595. The van der Waals surface area contributed by atoms with Gasteiger partial charge in [0.2, 0.25) is 5.91 Å². The number of carbonyl (C=O) groups is 1. The number of hydrogen-bond acceptors (Lipinski definition) is 3. The summed E-state index contributed by atoms with van der Waals surface area (Å²) in [5.74, 6) is -1.70. The molecule has 21 heavy (non-hydrogen) atoms. The number of rotatable bonds is 3. The van der Waals surface area contributed by atoms with E-state index in [0.29, 0.717) is 25.8 Å². The van der Waals surface area contributed by atoms with Crippen molar-refractivity contribution in [2.24, 2.45) is 5.92 Å². The van der Waals surface area contributed by atoms with Crippen LogP contribution in [0.5, 0.6) is 0 Å². The maximum atomic E-state index is 12.7. The summed E-state index contributed by atoms with van der Waals surface area (Å²) in [5, 5.41) is 11.9. The zero-order chi connectivity index (χ0) is 15.5. The second kappa shape index (κ2) is 6.22. The first-order valence-corrected chi connectivity index (χ1v) is 7.36. The van der Waals surface area contributed by atoms with Crippen LogP contribution < -0.4 is 5.32 Å². The standard InChI is InChI=1S/C14H20F3N3O/c15-14(16,17)11-4-3-7-20(8-11)9-12(21)19-13(10-18)5-1-2-6-13/h11H,1-9H2,(H,19,21)/t11-/m0/s1. The van der Waals surface area contributed by atoms with E-state index in [2.05, 4.69) is 11.4 Å². The Kier molecular flexibility index (Phi) is 4.77. The van der Waals surface area contributed by atoms with Crippen LogP contribution in [0.2, 0.25) is 0 Å². The fraction of sp³-hybridized carbons (Fsp3) is 0.857. The molecule has 0 spiro atoms. The number of amides is 1. The third kappa shape index (κ3) is 4.10. The monoisotopic (exact) mass is 303 g/mol. The van der Waals surface area contributed by atoms with Crippen LogP contribution >= 0.6 is 0 Å². The number of nitrogens with one attached hydrogen (secondary N) is 1. The molecule has 7 heteroatoms. The van der Waals surface area contributed by atoms with E-state index in [-0.39, 0.29) is 25.4 Å². The molecule has 1 aliphatic carbocycles. The van der Waals surface area contributed by atoms with E-state index < -0.39 is 17.6 Å². The lowest BCUT2D eigenvalue weighted by atomic mass is 9.97. The Morgan fingerprint density at radius 1 is 1.33 bits per heavy atom. The van der Waals surface area contributed by atoms with Crippen LogP contribution in [0.15, 0.2) is 0 Å². The van der Waals surface area contributed by atoms with Gasteiger partial charge in [0.25, 0.3) is 0 Å². The summed E-state index contributed by atoms with van der Waals surface area (Å²) >= 11 is 0. The average molecular weight is 303 g/mol. The molecule has 2 fully saturated rings. The first-order valence-electron chi connectivity index (χ1n) is 7.36. The number of alkyl halides is 3. The molecule has 0 bridgehead atoms. The topological polar surface area (TPSA) is 56.1 Å². The average Bonchev–Trinajstić information content (AvgIpc) is 2.87. The van der Waals surface area contributed by atoms with E-state index in [1.54, 1.807) is 0 Å². The highest BCUT2D eigenvalue weighted by Crippen LogP contribution is 2.33. The number of nitriles is 1. The largest absolute Gasteiger partial charge is 0.393 e. The molecule has 0 unspecified atom stereocenters. The molecule has 2 rings (SSSR count). The minimum Gasteiger partial charge on any atom is -0.337 e. The zero-order valence-corrected chi connectivity index (χ0v) is 11.9. The van der Waals surface area contributed by atoms with Gasteiger partial charge in [-0.2, -0.15) is 18.4 Å². The van der Waals surface area contributed by atoms with E-state index in [9.17, 15) is 23.2 Å². The van der Waals surface area contributed by atoms with Crippen LogP contribution in [0.1, 0.15) is 38.5 Å². The maximum absolute atomic E-state index is 12.7. The third-order valence-corrected chi connectivity index (χ3v) is 4.39. The summed E-state index contributed by atoms with van der Waals surface area (Å²) in [7, 11) is 0. The molecule has 1 heterocycles. The Labute approximate surface area is 122 Å². The van der Waals surface area contributed by atoms with Crippen LogP contribution in [0.4, 0.5) is 13.2 Å². The quantitative estimate of drug-likeness (QED) is 0.869. The fourth-order valence-corrected chi connectivity index (χ4v) is 3.22. The van der Waals surface area contributed by atoms with Crippen molar-refractivity contribution in [3.8, 4) is 6.07 Å². The summed E-state index contributed by atoms with van der Waals surface area (Å²) in [6.07, 6.45) is -0.582. The normalized spacial score (nSPS) is 26.3. The minimum atomic E-state index is -4.20. The summed E-state index contributed by atoms with van der Waals surface area (Å²) in [6.45, 7) is 0.312. The van der Waals surface area contributed by atoms with E-state index in [1.807, 2.05) is 0 Å². The Morgan fingerprint density at radius 3 is 2.57 bits per heavy atom. The molecule has 118 valence electrons. The molecule has 1 amide bonds. The third-order valence-electron chi connectivity index (χ3n) is 4.39. The molecular formula is C14H20F3N3O. The molecule has 1 aliphatic heterocycles. The van der Waals surface area contributed by atoms with Crippen molar-refractivity contribution in [1.29, 1.82) is 5.26 Å². The number of piperidine rings is 1. The first-order chi connectivity index (χ1) is 9.85. The van der Waals surface area contributed by atoms with Gasteiger partial charge in [-0.25, -0.2) is 0 Å². The van der Waals surface area contributed by atoms with E-state index in [4.69, 9.17) is 0 Å². The number of nitrogens with zero attached hydrogens (tertiary/aromatic N) is 2. The van der Waals surface area contributed by atoms with Gasteiger partial charge in [-0.1, -0.05) is 0 Å². The lowest BCUT2D eigenvalue weighted by Gasteiger charge is -2.34. The lowest BCUT2D eigenvalue weighted by Crippen LogP contribution is -2.51. The fourth-order valence-electron chi connectivity index (χ4n) is 3.22. The molecule has 1 saturated carbocycles. The van der Waals surface area contributed by atoms with Gasteiger partial charge in [-0.15, -0.1) is 0 Å². The van der Waals surface area contributed by atoms with Crippen molar-refractivity contribution >= 4 is 5.91 Å². The number of hydrogen-bond donors (Lipinski definition) is 1. The van der Waals surface area contributed by atoms with Gasteiger partial charge in [0.1, 0.15) is 5.54 Å². The van der Waals surface area contributed by atoms with Crippen molar-refractivity contribution in [3.63, 3.8) is 0 Å². The van der Waals surface area contributed by atoms with Gasteiger partial charge in [0, 0.05) is 6.54 Å². The van der Waals surface area contributed by atoms with Gasteiger partial charge >= 0.3 is 6.18 Å². The highest BCUT2D eigenvalue weighted by Gasteiger charge is 2.42. The van der Waals surface area contributed by atoms with Crippen molar-refractivity contribution in [1.82, 2.24) is 10.2 Å². The van der Waals surface area contributed by atoms with Gasteiger partial charge in [-0.05, 0) is 45.1 Å². The SMILES string of the molecule is N#CC1(NC(=O)CN2CCC[C@H](C(F)(F)F)C2)CCCC1. The van der Waals surface area contributed by atoms with Crippen LogP contribution in [-0.2, 0) is 4.79 Å². The highest BCUT2D eigenvalue weighted by molar-refractivity contribution is 5.79. The highest BCUT2D eigenvalue weighted by atomic mass is 19.4. The van der Waals surface area contributed by atoms with E-state index in [1.165, 1.54) is 4.90 Å². The van der Waals surface area contributed by atoms with Crippen molar-refractivity contribution in [2.75, 3.05) is 19.6 Å². The summed E-state index contributed by atoms with van der Waals surface area (Å²) in [4.78, 5) is 13.5. The lowest BCUT2D eigenvalue weighted by molar-refractivity contribution is -0.187. The maximum Gasteiger partial charge on any atom is 0.393 e. The molecule has 0 radical (unpaired) electrons. The smallest absolute Gasteiger partial charge is 0.337 e. The predicted octanol–water partition coefficient (Wildman–Crippen LogP) is 2.21. The van der Waals surface area contributed by atoms with Crippen LogP contribution in [0, 0.1) is 17.2 Å². The number of likely N-dealkylation sites (tertiary alicyclic amines) is 1. The van der Waals surface area contributed by atoms with E-state index in [0.717, 1.165) is 12.8 Å². The summed E-state index contributed by atoms with van der Waals surface area (Å²) in [5.41, 5.74) is -0.809. The Hall–Kier alpha value is -1.29. The molecule has 4 nitrogen and oxygen atoms in total. The molecule has 0 aromatic rings. The number of carbonyl (C=O) groups excluding carboxylic acids is 1. The van der Waals surface area contributed by atoms with Gasteiger partial charge in [-0.3, -0.25) is 9.69 Å². The predicted molar refractivity (Wildman–Crippen MR) is 70.2 cm³/mol. The molecular weight excluding hydrogens is 283 g/mol. The van der Waals surface area contributed by atoms with Gasteiger partial charge in [0.15, 0.2) is 0 Å². The second-order valence-electron chi connectivity index (χ2n) is 6.07. The summed E-state index contributed by atoms with van der Waals surface area (Å²) < 4.78 is 38.2. The van der Waals surface area contributed by atoms with Crippen LogP contribution in [0.25, 0.3) is 0 Å². The molecule has 0 aromatic carbocycles. The second-order valence-corrected chi connectivity index (χ2v) is 6.07. The molecule has 0 aromatic heterocycles. The molecule has 1 saturated heterocycles. The summed E-state index contributed by atoms with van der Waals surface area (Å²) in [6, 6.07) is 2.15. The Morgan fingerprint density at radius 2 is 2.00 bits per heavy atom. The van der Waals surface area contributed by atoms with Crippen molar-refractivity contribution in [3.05, 3.63) is 0 Å². The molecule has 2 aliphatic rings. The van der Waals surface area contributed by atoms with Crippen molar-refractivity contribution < 1.29 is 18.0 Å². The van der Waals surface area contributed by atoms with Crippen LogP contribution in [0.3, 0.4) is 0 Å². The van der Waals surface area contributed by atoms with Gasteiger partial charge in [0.05, 0.1) is 18.5 Å². The number of halogens is 3.